The lowest BCUT2D eigenvalue weighted by atomic mass is 10.1. The second-order valence-corrected chi connectivity index (χ2v) is 8.27. The summed E-state index contributed by atoms with van der Waals surface area (Å²) in [6, 6.07) is 14.6. The average Bonchev–Trinajstić information content (AvgIpc) is 3.22. The van der Waals surface area contributed by atoms with Crippen LogP contribution in [0.4, 0.5) is 18.9 Å². The molecule has 0 spiro atoms. The largest absolute Gasteiger partial charge is 0.451 e. The van der Waals surface area contributed by atoms with Crippen LogP contribution in [0.5, 0.6) is 0 Å². The van der Waals surface area contributed by atoms with Crippen molar-refractivity contribution in [2.45, 2.75) is 38.8 Å². The van der Waals surface area contributed by atoms with E-state index in [2.05, 4.69) is 17.6 Å². The molecule has 0 unspecified atom stereocenters. The van der Waals surface area contributed by atoms with Crippen LogP contribution >= 0.6 is 23.8 Å². The molecule has 174 valence electrons. The first-order valence-corrected chi connectivity index (χ1v) is 11.1. The van der Waals surface area contributed by atoms with Gasteiger partial charge in [0.15, 0.2) is 5.11 Å². The average molecular weight is 495 g/mol. The molecule has 0 saturated heterocycles. The number of aryl methyl sites for hydroxylation is 1. The van der Waals surface area contributed by atoms with Gasteiger partial charge in [-0.3, -0.25) is 10.1 Å². The minimum absolute atomic E-state index is 0.110. The van der Waals surface area contributed by atoms with Gasteiger partial charge in [0.2, 0.25) is 5.76 Å². The summed E-state index contributed by atoms with van der Waals surface area (Å²) in [5.41, 5.74) is 1.48. The Balaban J connectivity index is 1.71. The Bertz CT molecular complexity index is 1110. The molecule has 0 radical (unpaired) electrons. The maximum absolute atomic E-state index is 13.5. The fourth-order valence-electron chi connectivity index (χ4n) is 3.19. The van der Waals surface area contributed by atoms with Crippen LogP contribution in [0.3, 0.4) is 0 Å². The zero-order valence-electron chi connectivity index (χ0n) is 17.8. The molecule has 9 heteroatoms. The predicted molar refractivity (Wildman–Crippen MR) is 128 cm³/mol. The SMILES string of the molecule is CCCCCc1ccc(NC(=S)NC(=O)c2cc(-c3ccc(Cl)cc3)oc2C(F)(F)F)cc1. The highest BCUT2D eigenvalue weighted by molar-refractivity contribution is 7.80. The van der Waals surface area contributed by atoms with E-state index in [-0.39, 0.29) is 10.9 Å². The molecular weight excluding hydrogens is 473 g/mol. The smallest absolute Gasteiger partial charge is 0.450 e. The lowest BCUT2D eigenvalue weighted by Crippen LogP contribution is -2.34. The summed E-state index contributed by atoms with van der Waals surface area (Å²) < 4.78 is 45.5. The number of alkyl halides is 3. The number of thiocarbonyl (C=S) groups is 1. The van der Waals surface area contributed by atoms with E-state index < -0.39 is 23.4 Å². The van der Waals surface area contributed by atoms with Gasteiger partial charge in [0.25, 0.3) is 5.91 Å². The van der Waals surface area contributed by atoms with E-state index in [1.807, 2.05) is 12.1 Å². The lowest BCUT2D eigenvalue weighted by Gasteiger charge is -2.11. The van der Waals surface area contributed by atoms with Crippen molar-refractivity contribution < 1.29 is 22.4 Å². The number of benzene rings is 2. The van der Waals surface area contributed by atoms with Crippen LogP contribution in [0, 0.1) is 0 Å². The monoisotopic (exact) mass is 494 g/mol. The fourth-order valence-corrected chi connectivity index (χ4v) is 3.53. The minimum atomic E-state index is -4.86. The zero-order valence-corrected chi connectivity index (χ0v) is 19.3. The normalized spacial score (nSPS) is 11.3. The van der Waals surface area contributed by atoms with Crippen molar-refractivity contribution in [1.29, 1.82) is 0 Å². The van der Waals surface area contributed by atoms with Gasteiger partial charge in [-0.1, -0.05) is 43.5 Å². The minimum Gasteiger partial charge on any atom is -0.451 e. The highest BCUT2D eigenvalue weighted by Crippen LogP contribution is 2.37. The van der Waals surface area contributed by atoms with Gasteiger partial charge >= 0.3 is 6.18 Å². The van der Waals surface area contributed by atoms with Crippen LogP contribution in [0.2, 0.25) is 5.02 Å². The molecule has 2 aromatic carbocycles. The molecule has 0 aliphatic carbocycles. The van der Waals surface area contributed by atoms with Crippen molar-refractivity contribution >= 4 is 40.5 Å². The summed E-state index contributed by atoms with van der Waals surface area (Å²) in [5.74, 6) is -2.54. The molecule has 33 heavy (non-hydrogen) atoms. The van der Waals surface area contributed by atoms with Gasteiger partial charge in [-0.25, -0.2) is 0 Å². The first-order valence-electron chi connectivity index (χ1n) is 10.4. The molecule has 2 N–H and O–H groups in total. The van der Waals surface area contributed by atoms with E-state index in [0.717, 1.165) is 31.7 Å². The quantitative estimate of drug-likeness (QED) is 0.264. The molecule has 0 atom stereocenters. The Morgan fingerprint density at radius 3 is 2.33 bits per heavy atom. The van der Waals surface area contributed by atoms with Crippen molar-refractivity contribution in [2.24, 2.45) is 0 Å². The van der Waals surface area contributed by atoms with Crippen molar-refractivity contribution in [3.8, 4) is 11.3 Å². The van der Waals surface area contributed by atoms with E-state index >= 15 is 0 Å². The van der Waals surface area contributed by atoms with E-state index in [4.69, 9.17) is 28.2 Å². The third-order valence-electron chi connectivity index (χ3n) is 4.87. The molecule has 0 aliphatic rings. The molecule has 0 fully saturated rings. The Morgan fingerprint density at radius 2 is 1.73 bits per heavy atom. The van der Waals surface area contributed by atoms with Crippen LogP contribution in [-0.2, 0) is 12.6 Å². The number of hydrogen-bond donors (Lipinski definition) is 2. The number of halogens is 4. The number of furan rings is 1. The van der Waals surface area contributed by atoms with Gasteiger partial charge in [-0.15, -0.1) is 0 Å². The summed E-state index contributed by atoms with van der Waals surface area (Å²) in [5, 5.41) is 5.40. The van der Waals surface area contributed by atoms with Crippen LogP contribution in [-0.4, -0.2) is 11.0 Å². The summed E-state index contributed by atoms with van der Waals surface area (Å²) >= 11 is 10.9. The van der Waals surface area contributed by atoms with Gasteiger partial charge in [-0.2, -0.15) is 13.2 Å². The second-order valence-electron chi connectivity index (χ2n) is 7.42. The number of amides is 1. The second kappa shape index (κ2) is 10.9. The highest BCUT2D eigenvalue weighted by Gasteiger charge is 2.40. The van der Waals surface area contributed by atoms with E-state index in [9.17, 15) is 18.0 Å². The number of rotatable bonds is 7. The molecule has 3 rings (SSSR count). The van der Waals surface area contributed by atoms with Crippen molar-refractivity contribution in [1.82, 2.24) is 5.32 Å². The Kier molecular flexibility index (Phi) is 8.15. The number of carbonyl (C=O) groups is 1. The van der Waals surface area contributed by atoms with Gasteiger partial charge < -0.3 is 9.73 Å². The summed E-state index contributed by atoms with van der Waals surface area (Å²) in [7, 11) is 0. The summed E-state index contributed by atoms with van der Waals surface area (Å²) in [6.45, 7) is 2.14. The van der Waals surface area contributed by atoms with E-state index in [0.29, 0.717) is 16.3 Å². The number of unbranched alkanes of at least 4 members (excludes halogenated alkanes) is 2. The fraction of sp³-hybridized carbons (Fsp3) is 0.250. The van der Waals surface area contributed by atoms with E-state index in [1.165, 1.54) is 29.8 Å². The van der Waals surface area contributed by atoms with Gasteiger partial charge in [0, 0.05) is 16.3 Å². The molecule has 1 heterocycles. The maximum atomic E-state index is 13.5. The molecule has 3 aromatic rings. The van der Waals surface area contributed by atoms with Crippen LogP contribution < -0.4 is 10.6 Å². The molecule has 1 amide bonds. The zero-order chi connectivity index (χ0) is 24.0. The van der Waals surface area contributed by atoms with E-state index in [1.54, 1.807) is 12.1 Å². The molecule has 1 aromatic heterocycles. The van der Waals surface area contributed by atoms with Crippen LogP contribution in [0.1, 0.15) is 47.9 Å². The standard InChI is InChI=1S/C24H22ClF3N2O2S/c1-2-3-4-5-15-6-12-18(13-7-15)29-23(33)30-22(31)19-14-20(32-21(19)24(26,27)28)16-8-10-17(25)11-9-16/h6-14H,2-5H2,1H3,(H2,29,30,31,33). The third kappa shape index (κ3) is 6.82. The molecule has 0 aliphatic heterocycles. The van der Waals surface area contributed by atoms with Crippen LogP contribution in [0.15, 0.2) is 59.0 Å². The molecule has 0 bridgehead atoms. The van der Waals surface area contributed by atoms with Crippen molar-refractivity contribution in [3.05, 3.63) is 76.5 Å². The Labute approximate surface area is 200 Å². The number of anilines is 1. The van der Waals surface area contributed by atoms with Gasteiger partial charge in [-0.05, 0) is 73.1 Å². The highest BCUT2D eigenvalue weighted by atomic mass is 35.5. The van der Waals surface area contributed by atoms with Gasteiger partial charge in [0.05, 0.1) is 5.56 Å². The van der Waals surface area contributed by atoms with Crippen molar-refractivity contribution in [2.75, 3.05) is 5.32 Å². The molecular formula is C24H22ClF3N2O2S. The number of nitrogens with one attached hydrogen (secondary N) is 2. The Morgan fingerprint density at radius 1 is 1.06 bits per heavy atom. The van der Waals surface area contributed by atoms with Crippen LogP contribution in [0.25, 0.3) is 11.3 Å². The number of hydrogen-bond acceptors (Lipinski definition) is 3. The molecule has 0 saturated carbocycles. The first-order chi connectivity index (χ1) is 15.7. The summed E-state index contributed by atoms with van der Waals surface area (Å²) in [6.07, 6.45) is -0.501. The summed E-state index contributed by atoms with van der Waals surface area (Å²) in [4.78, 5) is 12.6. The lowest BCUT2D eigenvalue weighted by molar-refractivity contribution is -0.153. The maximum Gasteiger partial charge on any atom is 0.450 e. The predicted octanol–water partition coefficient (Wildman–Crippen LogP) is 7.48. The molecule has 4 nitrogen and oxygen atoms in total. The van der Waals surface area contributed by atoms with Gasteiger partial charge in [0.1, 0.15) is 5.76 Å². The third-order valence-corrected chi connectivity index (χ3v) is 5.33. The number of carbonyl (C=O) groups excluding carboxylic acids is 1. The van der Waals surface area contributed by atoms with Crippen molar-refractivity contribution in [3.63, 3.8) is 0 Å². The topological polar surface area (TPSA) is 54.3 Å². The Hall–Kier alpha value is -2.84. The first kappa shape index (κ1) is 24.8.